The third-order valence-corrected chi connectivity index (χ3v) is 4.89. The van der Waals surface area contributed by atoms with Crippen molar-refractivity contribution in [1.82, 2.24) is 15.3 Å². The van der Waals surface area contributed by atoms with Crippen LogP contribution in [0.4, 0.5) is 13.2 Å². The molecule has 1 aromatic carbocycles. The number of nitrogens with one attached hydrogen (secondary N) is 1. The molecule has 0 aliphatic carbocycles. The van der Waals surface area contributed by atoms with Gasteiger partial charge in [0.2, 0.25) is 0 Å². The van der Waals surface area contributed by atoms with Crippen molar-refractivity contribution in [1.29, 1.82) is 0 Å². The molecule has 4 nitrogen and oxygen atoms in total. The molecule has 3 aromatic rings. The first-order valence-corrected chi connectivity index (χ1v) is 9.91. The molecule has 0 saturated carbocycles. The topological polar surface area (TPSA) is 54.9 Å². The van der Waals surface area contributed by atoms with Crippen molar-refractivity contribution in [3.05, 3.63) is 77.2 Å². The van der Waals surface area contributed by atoms with Gasteiger partial charge >= 0.3 is 6.18 Å². The summed E-state index contributed by atoms with van der Waals surface area (Å²) < 4.78 is 37.8. The number of carbonyl (C=O) groups is 1. The summed E-state index contributed by atoms with van der Waals surface area (Å²) in [6.45, 7) is 2.02. The highest BCUT2D eigenvalue weighted by Gasteiger charge is 2.31. The highest BCUT2D eigenvalue weighted by atomic mass is 32.2. The van der Waals surface area contributed by atoms with Gasteiger partial charge in [0.1, 0.15) is 5.69 Å². The van der Waals surface area contributed by atoms with Crippen molar-refractivity contribution < 1.29 is 18.0 Å². The van der Waals surface area contributed by atoms with Crippen molar-refractivity contribution in [3.63, 3.8) is 0 Å². The number of aryl methyl sites for hydroxylation is 1. The lowest BCUT2D eigenvalue weighted by Crippen LogP contribution is -2.23. The molecule has 0 radical (unpaired) electrons. The van der Waals surface area contributed by atoms with Crippen molar-refractivity contribution in [2.75, 3.05) is 6.26 Å². The average Bonchev–Trinajstić information content (AvgIpc) is 2.71. The average molecular weight is 417 g/mol. The zero-order valence-corrected chi connectivity index (χ0v) is 16.6. The Morgan fingerprint density at radius 3 is 2.45 bits per heavy atom. The summed E-state index contributed by atoms with van der Waals surface area (Å²) in [5.41, 5.74) is 2.58. The van der Waals surface area contributed by atoms with Crippen LogP contribution in [0.5, 0.6) is 0 Å². The first-order valence-electron chi connectivity index (χ1n) is 8.68. The third-order valence-electron chi connectivity index (χ3n) is 4.18. The van der Waals surface area contributed by atoms with Crippen LogP contribution in [0.15, 0.2) is 59.8 Å². The number of thioether (sulfide) groups is 1. The largest absolute Gasteiger partial charge is 0.433 e. The Morgan fingerprint density at radius 1 is 1.07 bits per heavy atom. The zero-order valence-electron chi connectivity index (χ0n) is 15.7. The number of aromatic nitrogens is 2. The van der Waals surface area contributed by atoms with Gasteiger partial charge in [0.15, 0.2) is 0 Å². The van der Waals surface area contributed by atoms with Gasteiger partial charge in [-0.25, -0.2) is 0 Å². The van der Waals surface area contributed by atoms with E-state index in [0.29, 0.717) is 11.1 Å². The van der Waals surface area contributed by atoms with Gasteiger partial charge in [-0.3, -0.25) is 14.8 Å². The molecule has 0 unspecified atom stereocenters. The van der Waals surface area contributed by atoms with Crippen LogP contribution in [0.25, 0.3) is 11.3 Å². The second kappa shape index (κ2) is 8.65. The van der Waals surface area contributed by atoms with Gasteiger partial charge in [0.25, 0.3) is 5.91 Å². The molecule has 1 N–H and O–H groups in total. The third kappa shape index (κ3) is 5.35. The molecular weight excluding hydrogens is 399 g/mol. The van der Waals surface area contributed by atoms with Gasteiger partial charge in [0, 0.05) is 35.0 Å². The predicted molar refractivity (Wildman–Crippen MR) is 107 cm³/mol. The fourth-order valence-corrected chi connectivity index (χ4v) is 3.11. The number of hydrogen-bond acceptors (Lipinski definition) is 4. The molecule has 8 heteroatoms. The van der Waals surface area contributed by atoms with Gasteiger partial charge in [-0.2, -0.15) is 13.2 Å². The molecule has 0 atom stereocenters. The number of nitrogens with zero attached hydrogens (tertiary/aromatic N) is 2. The number of benzene rings is 1. The summed E-state index contributed by atoms with van der Waals surface area (Å²) in [5.74, 6) is -0.325. The van der Waals surface area contributed by atoms with Gasteiger partial charge < -0.3 is 5.32 Å². The Kier molecular flexibility index (Phi) is 6.22. The minimum absolute atomic E-state index is 0.0750. The molecule has 0 aliphatic rings. The van der Waals surface area contributed by atoms with E-state index in [2.05, 4.69) is 15.3 Å². The fraction of sp³-hybridized carbons (Fsp3) is 0.190. The maximum absolute atomic E-state index is 12.6. The van der Waals surface area contributed by atoms with Crippen LogP contribution < -0.4 is 5.32 Å². The minimum atomic E-state index is -4.49. The zero-order chi connectivity index (χ0) is 21.0. The normalized spacial score (nSPS) is 11.3. The van der Waals surface area contributed by atoms with Crippen LogP contribution in [-0.4, -0.2) is 22.1 Å². The van der Waals surface area contributed by atoms with E-state index in [1.807, 2.05) is 31.4 Å². The first-order chi connectivity index (χ1) is 13.8. The molecule has 2 aromatic heterocycles. The van der Waals surface area contributed by atoms with E-state index in [4.69, 9.17) is 0 Å². The van der Waals surface area contributed by atoms with Crippen LogP contribution in [0.2, 0.25) is 0 Å². The van der Waals surface area contributed by atoms with Gasteiger partial charge in [-0.1, -0.05) is 12.1 Å². The lowest BCUT2D eigenvalue weighted by atomic mass is 10.1. The van der Waals surface area contributed by atoms with E-state index in [0.717, 1.165) is 34.0 Å². The highest BCUT2D eigenvalue weighted by molar-refractivity contribution is 7.98. The molecule has 0 spiro atoms. The molecule has 2 heterocycles. The van der Waals surface area contributed by atoms with E-state index < -0.39 is 11.9 Å². The second-order valence-corrected chi connectivity index (χ2v) is 7.28. The fourth-order valence-electron chi connectivity index (χ4n) is 2.62. The number of amides is 1. The molecule has 150 valence electrons. The van der Waals surface area contributed by atoms with E-state index in [9.17, 15) is 18.0 Å². The van der Waals surface area contributed by atoms with Crippen molar-refractivity contribution >= 4 is 17.7 Å². The van der Waals surface area contributed by atoms with Crippen molar-refractivity contribution in [2.45, 2.75) is 24.5 Å². The Bertz CT molecular complexity index is 1000. The first kappa shape index (κ1) is 20.9. The number of rotatable bonds is 5. The quantitative estimate of drug-likeness (QED) is 0.586. The van der Waals surface area contributed by atoms with Gasteiger partial charge in [0.05, 0.1) is 5.69 Å². The molecule has 0 fully saturated rings. The number of hydrogen-bond donors (Lipinski definition) is 1. The Labute approximate surface area is 170 Å². The SMILES string of the molecule is CSc1cc(C(=O)NCc2ccc(C(F)(F)F)nc2)cc(-c2ccc(C)cn2)c1. The summed E-state index contributed by atoms with van der Waals surface area (Å²) >= 11 is 1.51. The maximum Gasteiger partial charge on any atom is 0.433 e. The summed E-state index contributed by atoms with van der Waals surface area (Å²) in [4.78, 5) is 21.3. The molecule has 0 saturated heterocycles. The highest BCUT2D eigenvalue weighted by Crippen LogP contribution is 2.27. The molecule has 0 bridgehead atoms. The van der Waals surface area contributed by atoms with E-state index in [1.165, 1.54) is 17.8 Å². The van der Waals surface area contributed by atoms with Gasteiger partial charge in [-0.15, -0.1) is 11.8 Å². The van der Waals surface area contributed by atoms with E-state index in [-0.39, 0.29) is 12.5 Å². The molecular formula is C21H18F3N3OS. The van der Waals surface area contributed by atoms with Crippen LogP contribution in [0.1, 0.15) is 27.2 Å². The minimum Gasteiger partial charge on any atom is -0.348 e. The molecule has 3 rings (SSSR count). The summed E-state index contributed by atoms with van der Waals surface area (Å²) in [6.07, 6.45) is 0.305. The predicted octanol–water partition coefficient (Wildman–Crippen LogP) is 5.12. The Hall–Kier alpha value is -2.87. The maximum atomic E-state index is 12.6. The summed E-state index contributed by atoms with van der Waals surface area (Å²) in [6, 6.07) is 11.5. The monoisotopic (exact) mass is 417 g/mol. The van der Waals surface area contributed by atoms with E-state index in [1.54, 1.807) is 18.3 Å². The molecule has 0 aliphatic heterocycles. The van der Waals surface area contributed by atoms with Crippen LogP contribution in [0.3, 0.4) is 0 Å². The standard InChI is InChI=1S/C21H18F3N3OS/c1-13-3-5-18(25-10-13)15-7-16(9-17(8-15)29-2)20(28)27-12-14-4-6-19(26-11-14)21(22,23)24/h3-11H,12H2,1-2H3,(H,27,28). The smallest absolute Gasteiger partial charge is 0.348 e. The molecule has 29 heavy (non-hydrogen) atoms. The second-order valence-electron chi connectivity index (χ2n) is 6.40. The lowest BCUT2D eigenvalue weighted by Gasteiger charge is -2.10. The van der Waals surface area contributed by atoms with Crippen LogP contribution in [-0.2, 0) is 12.7 Å². The van der Waals surface area contributed by atoms with E-state index >= 15 is 0 Å². The Morgan fingerprint density at radius 2 is 1.86 bits per heavy atom. The van der Waals surface area contributed by atoms with Crippen molar-refractivity contribution in [2.24, 2.45) is 0 Å². The van der Waals surface area contributed by atoms with Crippen molar-refractivity contribution in [3.8, 4) is 11.3 Å². The number of alkyl halides is 3. The number of carbonyl (C=O) groups excluding carboxylic acids is 1. The van der Waals surface area contributed by atoms with Crippen LogP contribution >= 0.6 is 11.8 Å². The van der Waals surface area contributed by atoms with Gasteiger partial charge in [-0.05, 0) is 54.6 Å². The molecule has 1 amide bonds. The van der Waals surface area contributed by atoms with Crippen LogP contribution in [0, 0.1) is 6.92 Å². The lowest BCUT2D eigenvalue weighted by molar-refractivity contribution is -0.141. The number of pyridine rings is 2. The summed E-state index contributed by atoms with van der Waals surface area (Å²) in [5, 5.41) is 2.72. The summed E-state index contributed by atoms with van der Waals surface area (Å²) in [7, 11) is 0. The number of halogens is 3. The Balaban J connectivity index is 1.76.